The Morgan fingerprint density at radius 2 is 2.37 bits per heavy atom. The van der Waals surface area contributed by atoms with Crippen molar-refractivity contribution >= 4 is 24.1 Å². The number of nitrogens with one attached hydrogen (secondary N) is 1. The number of nitriles is 1. The Balaban J connectivity index is 2.60. The number of rotatable bonds is 7. The van der Waals surface area contributed by atoms with Gasteiger partial charge < -0.3 is 10.4 Å². The predicted molar refractivity (Wildman–Crippen MR) is 67.9 cm³/mol. The van der Waals surface area contributed by atoms with E-state index >= 15 is 0 Å². The van der Waals surface area contributed by atoms with Crippen LogP contribution in [0.25, 0.3) is 0 Å². The van der Waals surface area contributed by atoms with Gasteiger partial charge in [0.15, 0.2) is 0 Å². The second-order valence-corrected chi connectivity index (χ2v) is 4.63. The molecule has 0 aliphatic heterocycles. The number of thioether (sulfide) groups is 1. The third-order valence-corrected chi connectivity index (χ3v) is 3.39. The summed E-state index contributed by atoms with van der Waals surface area (Å²) in [5.74, 6) is -1.08. The first-order chi connectivity index (χ1) is 9.08. The topological polar surface area (TPSA) is 90.2 Å². The molecule has 2 N–H and O–H groups in total. The molecule has 0 saturated heterocycles. The molecule has 1 aromatic carbocycles. The van der Waals surface area contributed by atoms with Gasteiger partial charge in [-0.3, -0.25) is 4.79 Å². The molecule has 1 aromatic rings. The van der Waals surface area contributed by atoms with E-state index in [2.05, 4.69) is 5.32 Å². The van der Waals surface area contributed by atoms with Crippen LogP contribution in [0.2, 0.25) is 0 Å². The fourth-order valence-electron chi connectivity index (χ4n) is 1.34. The van der Waals surface area contributed by atoms with Crippen molar-refractivity contribution in [2.24, 2.45) is 0 Å². The Morgan fingerprint density at radius 1 is 1.63 bits per heavy atom. The first-order valence-electron chi connectivity index (χ1n) is 5.27. The number of carbonyl (C=O) groups excluding carboxylic acids is 1. The molecule has 1 unspecified atom stereocenters. The minimum atomic E-state index is -1.13. The van der Waals surface area contributed by atoms with Crippen LogP contribution in [0.4, 0.5) is 4.39 Å². The van der Waals surface area contributed by atoms with Crippen LogP contribution in [0.1, 0.15) is 11.1 Å². The average Bonchev–Trinajstić information content (AvgIpc) is 2.39. The average molecular weight is 282 g/mol. The van der Waals surface area contributed by atoms with Gasteiger partial charge in [-0.05, 0) is 17.7 Å². The number of amides is 1. The van der Waals surface area contributed by atoms with Crippen LogP contribution in [-0.2, 0) is 15.3 Å². The van der Waals surface area contributed by atoms with E-state index in [4.69, 9.17) is 10.4 Å². The highest BCUT2D eigenvalue weighted by Crippen LogP contribution is 2.18. The zero-order chi connectivity index (χ0) is 14.3. The van der Waals surface area contributed by atoms with Gasteiger partial charge in [0.25, 0.3) is 0 Å². The number of aliphatic carboxylic acids is 1. The van der Waals surface area contributed by atoms with Crippen molar-refractivity contribution < 1.29 is 19.1 Å². The summed E-state index contributed by atoms with van der Waals surface area (Å²) in [7, 11) is 0. The monoisotopic (exact) mass is 282 g/mol. The molecule has 1 amide bonds. The van der Waals surface area contributed by atoms with Crippen molar-refractivity contribution in [3.63, 3.8) is 0 Å². The molecule has 0 radical (unpaired) electrons. The maximum atomic E-state index is 12.9. The number of benzene rings is 1. The minimum absolute atomic E-state index is 0.163. The van der Waals surface area contributed by atoms with Gasteiger partial charge in [-0.1, -0.05) is 6.07 Å². The molecule has 0 aliphatic carbocycles. The first kappa shape index (κ1) is 15.0. The summed E-state index contributed by atoms with van der Waals surface area (Å²) in [4.78, 5) is 21.0. The van der Waals surface area contributed by atoms with Crippen LogP contribution < -0.4 is 5.32 Å². The lowest BCUT2D eigenvalue weighted by molar-refractivity contribution is -0.139. The molecule has 1 atom stereocenters. The largest absolute Gasteiger partial charge is 0.480 e. The van der Waals surface area contributed by atoms with Crippen molar-refractivity contribution in [1.29, 1.82) is 5.26 Å². The van der Waals surface area contributed by atoms with Crippen molar-refractivity contribution in [3.05, 3.63) is 35.1 Å². The van der Waals surface area contributed by atoms with Crippen LogP contribution >= 0.6 is 11.8 Å². The van der Waals surface area contributed by atoms with E-state index in [0.717, 1.165) is 6.07 Å². The highest BCUT2D eigenvalue weighted by atomic mass is 32.2. The van der Waals surface area contributed by atoms with Gasteiger partial charge >= 0.3 is 5.97 Å². The fraction of sp³-hybridized carbons (Fsp3) is 0.250. The first-order valence-corrected chi connectivity index (χ1v) is 6.42. The van der Waals surface area contributed by atoms with Gasteiger partial charge in [0.2, 0.25) is 6.41 Å². The number of carboxylic acids is 1. The summed E-state index contributed by atoms with van der Waals surface area (Å²) in [5, 5.41) is 19.8. The Labute approximate surface area is 113 Å². The molecule has 0 aliphatic rings. The Kier molecular flexibility index (Phi) is 5.82. The summed E-state index contributed by atoms with van der Waals surface area (Å²) >= 11 is 1.24. The van der Waals surface area contributed by atoms with Crippen LogP contribution in [0.3, 0.4) is 0 Å². The molecular formula is C12H11FN2O3S. The fourth-order valence-corrected chi connectivity index (χ4v) is 2.40. The Hall–Kier alpha value is -2.07. The van der Waals surface area contributed by atoms with Crippen molar-refractivity contribution in [3.8, 4) is 6.07 Å². The number of halogens is 1. The van der Waals surface area contributed by atoms with Crippen molar-refractivity contribution in [1.82, 2.24) is 5.32 Å². The normalized spacial score (nSPS) is 11.4. The molecule has 100 valence electrons. The van der Waals surface area contributed by atoms with Gasteiger partial charge in [-0.2, -0.15) is 17.0 Å². The summed E-state index contributed by atoms with van der Waals surface area (Å²) in [6.07, 6.45) is 0.331. The van der Waals surface area contributed by atoms with Gasteiger partial charge in [-0.25, -0.2) is 9.18 Å². The highest BCUT2D eigenvalue weighted by Gasteiger charge is 2.16. The second-order valence-electron chi connectivity index (χ2n) is 3.60. The summed E-state index contributed by atoms with van der Waals surface area (Å²) in [6, 6.07) is 4.77. The maximum Gasteiger partial charge on any atom is 0.327 e. The summed E-state index contributed by atoms with van der Waals surface area (Å²) in [6.45, 7) is 0. The van der Waals surface area contributed by atoms with E-state index < -0.39 is 17.8 Å². The number of carbonyl (C=O) groups is 2. The molecule has 0 spiro atoms. The number of carboxylic acid groups (broad SMARTS) is 1. The summed E-state index contributed by atoms with van der Waals surface area (Å²) < 4.78 is 12.9. The molecule has 0 aromatic heterocycles. The quantitative estimate of drug-likeness (QED) is 0.732. The third-order valence-electron chi connectivity index (χ3n) is 2.30. The molecular weight excluding hydrogens is 271 g/mol. The minimum Gasteiger partial charge on any atom is -0.480 e. The highest BCUT2D eigenvalue weighted by molar-refractivity contribution is 7.98. The van der Waals surface area contributed by atoms with Crippen LogP contribution in [0.5, 0.6) is 0 Å². The molecule has 0 heterocycles. The van der Waals surface area contributed by atoms with Crippen LogP contribution in [0, 0.1) is 17.1 Å². The molecule has 0 fully saturated rings. The van der Waals surface area contributed by atoms with E-state index in [1.165, 1.54) is 23.9 Å². The SMILES string of the molecule is N#Cc1cc(F)ccc1CSCC(NC=O)C(=O)O. The molecule has 5 nitrogen and oxygen atoms in total. The number of hydrogen-bond donors (Lipinski definition) is 2. The van der Waals surface area contributed by atoms with Crippen LogP contribution in [-0.4, -0.2) is 29.3 Å². The van der Waals surface area contributed by atoms with Crippen LogP contribution in [0.15, 0.2) is 18.2 Å². The lowest BCUT2D eigenvalue weighted by Gasteiger charge is -2.10. The van der Waals surface area contributed by atoms with E-state index in [9.17, 15) is 14.0 Å². The molecule has 0 bridgehead atoms. The van der Waals surface area contributed by atoms with Gasteiger partial charge in [0.05, 0.1) is 11.6 Å². The zero-order valence-electron chi connectivity index (χ0n) is 9.80. The van der Waals surface area contributed by atoms with Gasteiger partial charge in [0.1, 0.15) is 11.9 Å². The van der Waals surface area contributed by atoms with E-state index in [1.54, 1.807) is 0 Å². The lowest BCUT2D eigenvalue weighted by atomic mass is 10.1. The maximum absolute atomic E-state index is 12.9. The third kappa shape index (κ3) is 4.60. The summed E-state index contributed by atoms with van der Waals surface area (Å²) in [5.41, 5.74) is 0.854. The smallest absolute Gasteiger partial charge is 0.327 e. The molecule has 1 rings (SSSR count). The zero-order valence-corrected chi connectivity index (χ0v) is 10.6. The van der Waals surface area contributed by atoms with Gasteiger partial charge in [0, 0.05) is 11.5 Å². The number of hydrogen-bond acceptors (Lipinski definition) is 4. The standard InChI is InChI=1S/C12H11FN2O3S/c13-10-2-1-8(9(3-10)4-14)5-19-6-11(12(17)18)15-7-16/h1-3,7,11H,5-6H2,(H,15,16)(H,17,18). The molecule has 7 heteroatoms. The van der Waals surface area contributed by atoms with Crippen molar-refractivity contribution in [2.45, 2.75) is 11.8 Å². The van der Waals surface area contributed by atoms with Crippen molar-refractivity contribution in [2.75, 3.05) is 5.75 Å². The Morgan fingerprint density at radius 3 is 2.95 bits per heavy atom. The lowest BCUT2D eigenvalue weighted by Crippen LogP contribution is -2.37. The predicted octanol–water partition coefficient (Wildman–Crippen LogP) is 1.13. The number of nitrogens with zero attached hydrogens (tertiary/aromatic N) is 1. The molecule has 19 heavy (non-hydrogen) atoms. The van der Waals surface area contributed by atoms with E-state index in [0.29, 0.717) is 17.7 Å². The van der Waals surface area contributed by atoms with E-state index in [1.807, 2.05) is 6.07 Å². The molecule has 0 saturated carbocycles. The Bertz CT molecular complexity index is 516. The van der Waals surface area contributed by atoms with E-state index in [-0.39, 0.29) is 11.3 Å². The van der Waals surface area contributed by atoms with Gasteiger partial charge in [-0.15, -0.1) is 0 Å². The second kappa shape index (κ2) is 7.38.